The van der Waals surface area contributed by atoms with Gasteiger partial charge < -0.3 is 14.9 Å². The summed E-state index contributed by atoms with van der Waals surface area (Å²) in [6, 6.07) is 8.22. The number of carbonyl (C=O) groups is 1. The van der Waals surface area contributed by atoms with Gasteiger partial charge in [0.25, 0.3) is 0 Å². The van der Waals surface area contributed by atoms with Gasteiger partial charge >= 0.3 is 5.97 Å². The van der Waals surface area contributed by atoms with E-state index in [4.69, 9.17) is 5.11 Å². The Balaban J connectivity index is 2.21. The second-order valence-corrected chi connectivity index (χ2v) is 4.66. The SMILES string of the molecule is CC(=CC(=O)O)CN1CCN(C)c2ccccc21. The molecule has 1 N–H and O–H groups in total. The molecule has 0 aliphatic carbocycles. The summed E-state index contributed by atoms with van der Waals surface area (Å²) in [5.41, 5.74) is 3.23. The Morgan fingerprint density at radius 2 is 2.00 bits per heavy atom. The van der Waals surface area contributed by atoms with Gasteiger partial charge in [-0.2, -0.15) is 0 Å². The van der Waals surface area contributed by atoms with Crippen LogP contribution in [0.3, 0.4) is 0 Å². The molecule has 1 aliphatic rings. The standard InChI is InChI=1S/C14H18N2O2/c1-11(9-14(17)18)10-16-8-7-15(2)12-5-3-4-6-13(12)16/h3-6,9H,7-8,10H2,1-2H3,(H,17,18). The summed E-state index contributed by atoms with van der Waals surface area (Å²) < 4.78 is 0. The molecule has 96 valence electrons. The smallest absolute Gasteiger partial charge is 0.328 e. The maximum atomic E-state index is 10.6. The molecule has 18 heavy (non-hydrogen) atoms. The highest BCUT2D eigenvalue weighted by atomic mass is 16.4. The van der Waals surface area contributed by atoms with Crippen LogP contribution in [0.2, 0.25) is 0 Å². The minimum absolute atomic E-state index is 0.664. The van der Waals surface area contributed by atoms with Crippen molar-refractivity contribution >= 4 is 17.3 Å². The zero-order valence-corrected chi connectivity index (χ0v) is 10.8. The number of carboxylic acid groups (broad SMARTS) is 1. The number of benzene rings is 1. The number of nitrogens with zero attached hydrogens (tertiary/aromatic N) is 2. The summed E-state index contributed by atoms with van der Waals surface area (Å²) in [6.07, 6.45) is 1.28. The van der Waals surface area contributed by atoms with Crippen LogP contribution >= 0.6 is 0 Å². The summed E-state index contributed by atoms with van der Waals surface area (Å²) in [4.78, 5) is 15.1. The van der Waals surface area contributed by atoms with Crippen LogP contribution < -0.4 is 9.80 Å². The summed E-state index contributed by atoms with van der Waals surface area (Å²) >= 11 is 0. The molecule has 1 aliphatic heterocycles. The fourth-order valence-corrected chi connectivity index (χ4v) is 2.29. The van der Waals surface area contributed by atoms with Crippen molar-refractivity contribution in [1.29, 1.82) is 0 Å². The lowest BCUT2D eigenvalue weighted by Crippen LogP contribution is -2.39. The Morgan fingerprint density at radius 1 is 1.33 bits per heavy atom. The van der Waals surface area contributed by atoms with Crippen LogP contribution in [0.5, 0.6) is 0 Å². The van der Waals surface area contributed by atoms with Gasteiger partial charge in [-0.15, -0.1) is 0 Å². The third-order valence-corrected chi connectivity index (χ3v) is 3.15. The lowest BCUT2D eigenvalue weighted by atomic mass is 10.1. The molecule has 1 aromatic rings. The Kier molecular flexibility index (Phi) is 3.55. The van der Waals surface area contributed by atoms with Crippen LogP contribution in [0.1, 0.15) is 6.92 Å². The number of fused-ring (bicyclic) bond motifs is 1. The zero-order valence-electron chi connectivity index (χ0n) is 10.8. The monoisotopic (exact) mass is 246 g/mol. The van der Waals surface area contributed by atoms with Gasteiger partial charge in [-0.3, -0.25) is 0 Å². The minimum Gasteiger partial charge on any atom is -0.478 e. The van der Waals surface area contributed by atoms with E-state index in [1.54, 1.807) is 0 Å². The number of likely N-dealkylation sites (N-methyl/N-ethyl adjacent to an activating group) is 1. The molecule has 0 saturated heterocycles. The summed E-state index contributed by atoms with van der Waals surface area (Å²) in [5.74, 6) is -0.880. The minimum atomic E-state index is -0.880. The highest BCUT2D eigenvalue weighted by Gasteiger charge is 2.19. The molecule has 4 nitrogen and oxygen atoms in total. The van der Waals surface area contributed by atoms with Crippen molar-refractivity contribution in [2.45, 2.75) is 6.92 Å². The topological polar surface area (TPSA) is 43.8 Å². The fourth-order valence-electron chi connectivity index (χ4n) is 2.29. The zero-order chi connectivity index (χ0) is 13.1. The molecular weight excluding hydrogens is 228 g/mol. The normalized spacial score (nSPS) is 15.6. The van der Waals surface area contributed by atoms with Crippen molar-refractivity contribution in [3.8, 4) is 0 Å². The van der Waals surface area contributed by atoms with Crippen molar-refractivity contribution < 1.29 is 9.90 Å². The Morgan fingerprint density at radius 3 is 2.67 bits per heavy atom. The Hall–Kier alpha value is -1.97. The molecule has 0 spiro atoms. The van der Waals surface area contributed by atoms with Crippen LogP contribution in [0.4, 0.5) is 11.4 Å². The maximum Gasteiger partial charge on any atom is 0.328 e. The van der Waals surface area contributed by atoms with E-state index in [1.165, 1.54) is 17.5 Å². The van der Waals surface area contributed by atoms with E-state index in [1.807, 2.05) is 19.1 Å². The lowest BCUT2D eigenvalue weighted by Gasteiger charge is -2.37. The van der Waals surface area contributed by atoms with Gasteiger partial charge in [0.15, 0.2) is 0 Å². The van der Waals surface area contributed by atoms with E-state index < -0.39 is 5.97 Å². The van der Waals surface area contributed by atoms with E-state index in [-0.39, 0.29) is 0 Å². The van der Waals surface area contributed by atoms with Crippen LogP contribution in [-0.2, 0) is 4.79 Å². The first kappa shape index (κ1) is 12.5. The molecule has 0 amide bonds. The molecule has 2 rings (SSSR count). The summed E-state index contributed by atoms with van der Waals surface area (Å²) in [6.45, 7) is 4.39. The molecule has 0 bridgehead atoms. The van der Waals surface area contributed by atoms with Crippen LogP contribution in [0.25, 0.3) is 0 Å². The predicted octanol–water partition coefficient (Wildman–Crippen LogP) is 1.97. The van der Waals surface area contributed by atoms with Gasteiger partial charge in [-0.25, -0.2) is 4.79 Å². The van der Waals surface area contributed by atoms with Crippen LogP contribution in [0, 0.1) is 0 Å². The fraction of sp³-hybridized carbons (Fsp3) is 0.357. The van der Waals surface area contributed by atoms with Gasteiger partial charge in [0, 0.05) is 32.8 Å². The van der Waals surface area contributed by atoms with E-state index in [0.29, 0.717) is 6.54 Å². The highest BCUT2D eigenvalue weighted by molar-refractivity contribution is 5.81. The lowest BCUT2D eigenvalue weighted by molar-refractivity contribution is -0.131. The molecule has 0 saturated carbocycles. The molecule has 4 heteroatoms. The van der Waals surface area contributed by atoms with Gasteiger partial charge in [-0.05, 0) is 24.6 Å². The molecule has 1 aromatic carbocycles. The maximum absolute atomic E-state index is 10.6. The summed E-state index contributed by atoms with van der Waals surface area (Å²) in [5, 5.41) is 8.75. The third-order valence-electron chi connectivity index (χ3n) is 3.15. The molecule has 0 radical (unpaired) electrons. The number of para-hydroxylation sites is 2. The average molecular weight is 246 g/mol. The molecular formula is C14H18N2O2. The van der Waals surface area contributed by atoms with Crippen molar-refractivity contribution in [2.75, 3.05) is 36.5 Å². The van der Waals surface area contributed by atoms with Crippen molar-refractivity contribution in [3.05, 3.63) is 35.9 Å². The van der Waals surface area contributed by atoms with Gasteiger partial charge in [0.1, 0.15) is 0 Å². The Bertz CT molecular complexity index is 482. The number of hydrogen-bond donors (Lipinski definition) is 1. The number of hydrogen-bond acceptors (Lipinski definition) is 3. The van der Waals surface area contributed by atoms with E-state index >= 15 is 0 Å². The van der Waals surface area contributed by atoms with E-state index in [2.05, 4.69) is 29.0 Å². The molecule has 0 aromatic heterocycles. The van der Waals surface area contributed by atoms with Gasteiger partial charge in [0.05, 0.1) is 11.4 Å². The largest absolute Gasteiger partial charge is 0.478 e. The van der Waals surface area contributed by atoms with Gasteiger partial charge in [0.2, 0.25) is 0 Å². The highest BCUT2D eigenvalue weighted by Crippen LogP contribution is 2.31. The van der Waals surface area contributed by atoms with Crippen LogP contribution in [-0.4, -0.2) is 37.8 Å². The van der Waals surface area contributed by atoms with E-state index in [9.17, 15) is 4.79 Å². The molecule has 1 heterocycles. The molecule has 0 fully saturated rings. The first-order valence-corrected chi connectivity index (χ1v) is 6.03. The molecule has 0 unspecified atom stereocenters. The first-order valence-electron chi connectivity index (χ1n) is 6.03. The number of aliphatic carboxylic acids is 1. The number of carboxylic acids is 1. The second kappa shape index (κ2) is 5.12. The third kappa shape index (κ3) is 2.64. The van der Waals surface area contributed by atoms with Crippen molar-refractivity contribution in [2.24, 2.45) is 0 Å². The first-order chi connectivity index (χ1) is 8.58. The summed E-state index contributed by atoms with van der Waals surface area (Å²) in [7, 11) is 2.08. The average Bonchev–Trinajstić information content (AvgIpc) is 2.32. The quantitative estimate of drug-likeness (QED) is 0.828. The van der Waals surface area contributed by atoms with E-state index in [0.717, 1.165) is 18.7 Å². The van der Waals surface area contributed by atoms with Gasteiger partial charge in [-0.1, -0.05) is 12.1 Å². The number of rotatable bonds is 3. The van der Waals surface area contributed by atoms with Crippen molar-refractivity contribution in [1.82, 2.24) is 0 Å². The predicted molar refractivity (Wildman–Crippen MR) is 73.3 cm³/mol. The van der Waals surface area contributed by atoms with Crippen LogP contribution in [0.15, 0.2) is 35.9 Å². The number of anilines is 2. The molecule has 0 atom stereocenters. The Labute approximate surface area is 107 Å². The van der Waals surface area contributed by atoms with Crippen molar-refractivity contribution in [3.63, 3.8) is 0 Å². The second-order valence-electron chi connectivity index (χ2n) is 4.66.